The third kappa shape index (κ3) is 5.83. The summed E-state index contributed by atoms with van der Waals surface area (Å²) in [5.41, 5.74) is 10.5. The summed E-state index contributed by atoms with van der Waals surface area (Å²) in [7, 11) is 0. The topological polar surface area (TPSA) is 173 Å². The molecule has 0 aromatic carbocycles. The molecule has 1 rings (SSSR count). The highest BCUT2D eigenvalue weighted by molar-refractivity contribution is 5.82. The van der Waals surface area contributed by atoms with Gasteiger partial charge in [-0.1, -0.05) is 0 Å². The van der Waals surface area contributed by atoms with Crippen LogP contribution in [0.4, 0.5) is 0 Å². The molecule has 0 unspecified atom stereocenters. The smallest absolute Gasteiger partial charge is 0.346 e. The first-order chi connectivity index (χ1) is 10.7. The molecule has 1 aliphatic rings. The van der Waals surface area contributed by atoms with Crippen LogP contribution in [0.15, 0.2) is 0 Å². The lowest BCUT2D eigenvalue weighted by Gasteiger charge is -2.25. The van der Waals surface area contributed by atoms with Crippen LogP contribution in [0.5, 0.6) is 0 Å². The number of carbonyl (C=O) groups is 4. The molecule has 0 bridgehead atoms. The lowest BCUT2D eigenvalue weighted by molar-refractivity contribution is -0.167. The second-order valence-electron chi connectivity index (χ2n) is 5.37. The van der Waals surface area contributed by atoms with E-state index in [0.717, 1.165) is 0 Å². The zero-order chi connectivity index (χ0) is 17.6. The summed E-state index contributed by atoms with van der Waals surface area (Å²) in [6.45, 7) is 0.173. The number of hydrogen-bond donors (Lipinski definition) is 4. The van der Waals surface area contributed by atoms with E-state index in [0.29, 0.717) is 19.4 Å². The van der Waals surface area contributed by atoms with Crippen molar-refractivity contribution in [1.82, 2.24) is 4.90 Å². The number of primary amides is 1. The zero-order valence-corrected chi connectivity index (χ0v) is 12.5. The molecule has 1 heterocycles. The maximum Gasteiger partial charge on any atom is 0.346 e. The number of rotatable bonds is 9. The molecule has 0 aromatic heterocycles. The molecule has 1 fully saturated rings. The molecule has 1 aliphatic heterocycles. The quantitative estimate of drug-likeness (QED) is 0.353. The van der Waals surface area contributed by atoms with Gasteiger partial charge in [0.1, 0.15) is 12.1 Å². The highest BCUT2D eigenvalue weighted by atomic mass is 16.6. The van der Waals surface area contributed by atoms with Gasteiger partial charge in [-0.25, -0.2) is 4.79 Å². The van der Waals surface area contributed by atoms with Crippen molar-refractivity contribution in [2.75, 3.05) is 13.1 Å². The highest BCUT2D eigenvalue weighted by Crippen LogP contribution is 2.18. The summed E-state index contributed by atoms with van der Waals surface area (Å²) >= 11 is 0. The Morgan fingerprint density at radius 1 is 1.26 bits per heavy atom. The van der Waals surface area contributed by atoms with E-state index in [-0.39, 0.29) is 19.4 Å². The second-order valence-corrected chi connectivity index (χ2v) is 5.37. The number of esters is 1. The van der Waals surface area contributed by atoms with E-state index >= 15 is 0 Å². The summed E-state index contributed by atoms with van der Waals surface area (Å²) in [5.74, 6) is -4.04. The first-order valence-corrected chi connectivity index (χ1v) is 7.16. The van der Waals surface area contributed by atoms with Gasteiger partial charge in [0.25, 0.3) is 0 Å². The van der Waals surface area contributed by atoms with Gasteiger partial charge < -0.3 is 26.4 Å². The van der Waals surface area contributed by atoms with Crippen LogP contribution in [0, 0.1) is 0 Å². The number of nitrogens with zero attached hydrogens (tertiary/aromatic N) is 1. The van der Waals surface area contributed by atoms with E-state index in [1.807, 2.05) is 0 Å². The molecule has 10 nitrogen and oxygen atoms in total. The summed E-state index contributed by atoms with van der Waals surface area (Å²) in [4.78, 5) is 46.2. The van der Waals surface area contributed by atoms with Crippen LogP contribution in [0.25, 0.3) is 0 Å². The van der Waals surface area contributed by atoms with Gasteiger partial charge in [0.05, 0.1) is 0 Å². The zero-order valence-electron chi connectivity index (χ0n) is 12.5. The average Bonchev–Trinajstić information content (AvgIpc) is 2.91. The van der Waals surface area contributed by atoms with Crippen LogP contribution in [-0.4, -0.2) is 70.2 Å². The number of carboxylic acids is 2. The van der Waals surface area contributed by atoms with Crippen molar-refractivity contribution < 1.29 is 34.1 Å². The SMILES string of the molecule is NC(=O)CC[C@H](N)C(=O)O[C@@H](CN1CCC[C@H]1C(=O)O)C(=O)O. The molecule has 0 aliphatic carbocycles. The van der Waals surface area contributed by atoms with Crippen molar-refractivity contribution in [1.29, 1.82) is 0 Å². The summed E-state index contributed by atoms with van der Waals surface area (Å²) in [6.07, 6.45) is -0.672. The molecule has 0 aromatic rings. The van der Waals surface area contributed by atoms with Gasteiger partial charge in [-0.2, -0.15) is 0 Å². The Morgan fingerprint density at radius 2 is 1.91 bits per heavy atom. The lowest BCUT2D eigenvalue weighted by Crippen LogP contribution is -2.46. The highest BCUT2D eigenvalue weighted by Gasteiger charge is 2.35. The van der Waals surface area contributed by atoms with Crippen LogP contribution in [0.3, 0.4) is 0 Å². The van der Waals surface area contributed by atoms with Crippen molar-refractivity contribution in [3.63, 3.8) is 0 Å². The number of carboxylic acid groups (broad SMARTS) is 2. The molecule has 3 atom stereocenters. The first kappa shape index (κ1) is 18.8. The van der Waals surface area contributed by atoms with Crippen LogP contribution in [-0.2, 0) is 23.9 Å². The minimum atomic E-state index is -1.53. The molecule has 130 valence electrons. The van der Waals surface area contributed by atoms with Gasteiger partial charge in [0, 0.05) is 13.0 Å². The maximum absolute atomic E-state index is 11.8. The van der Waals surface area contributed by atoms with Crippen LogP contribution >= 0.6 is 0 Å². The Kier molecular flexibility index (Phi) is 6.91. The molecule has 10 heteroatoms. The van der Waals surface area contributed by atoms with E-state index in [4.69, 9.17) is 26.4 Å². The number of likely N-dealkylation sites (tertiary alicyclic amines) is 1. The van der Waals surface area contributed by atoms with Gasteiger partial charge in [0.15, 0.2) is 0 Å². The number of ether oxygens (including phenoxy) is 1. The fourth-order valence-electron chi connectivity index (χ4n) is 2.35. The van der Waals surface area contributed by atoms with Crippen LogP contribution < -0.4 is 11.5 Å². The summed E-state index contributed by atoms with van der Waals surface area (Å²) in [6, 6.07) is -1.96. The fraction of sp³-hybridized carbons (Fsp3) is 0.692. The molecule has 0 spiro atoms. The van der Waals surface area contributed by atoms with Gasteiger partial charge in [-0.15, -0.1) is 0 Å². The van der Waals surface area contributed by atoms with Gasteiger partial charge in [0.2, 0.25) is 12.0 Å². The Morgan fingerprint density at radius 3 is 2.43 bits per heavy atom. The fourth-order valence-corrected chi connectivity index (χ4v) is 2.35. The Hall–Kier alpha value is -2.20. The Labute approximate surface area is 132 Å². The standard InChI is InChI=1S/C13H21N3O7/c14-7(3-4-10(15)17)13(22)23-9(12(20)21)6-16-5-1-2-8(16)11(18)19/h7-9H,1-6,14H2,(H2,15,17)(H,18,19)(H,20,21)/t7-,8-,9-/m0/s1. The number of amides is 1. The van der Waals surface area contributed by atoms with Crippen molar-refractivity contribution >= 4 is 23.8 Å². The van der Waals surface area contributed by atoms with E-state index in [1.54, 1.807) is 0 Å². The number of hydrogen-bond acceptors (Lipinski definition) is 7. The Balaban J connectivity index is 2.61. The molecule has 0 radical (unpaired) electrons. The van der Waals surface area contributed by atoms with Gasteiger partial charge in [-0.3, -0.25) is 19.3 Å². The minimum absolute atomic E-state index is 0.0536. The Bertz CT molecular complexity index is 482. The minimum Gasteiger partial charge on any atom is -0.480 e. The van der Waals surface area contributed by atoms with Crippen molar-refractivity contribution in [3.8, 4) is 0 Å². The third-order valence-electron chi connectivity index (χ3n) is 3.59. The second kappa shape index (κ2) is 8.44. The molecule has 23 heavy (non-hydrogen) atoms. The molecular weight excluding hydrogens is 310 g/mol. The van der Waals surface area contributed by atoms with Gasteiger partial charge in [-0.05, 0) is 25.8 Å². The van der Waals surface area contributed by atoms with Crippen LogP contribution in [0.2, 0.25) is 0 Å². The lowest BCUT2D eigenvalue weighted by atomic mass is 10.1. The van der Waals surface area contributed by atoms with Crippen LogP contribution in [0.1, 0.15) is 25.7 Å². The summed E-state index contributed by atoms with van der Waals surface area (Å²) < 4.78 is 4.85. The number of aliphatic carboxylic acids is 2. The maximum atomic E-state index is 11.8. The van der Waals surface area contributed by atoms with E-state index in [2.05, 4.69) is 0 Å². The largest absolute Gasteiger partial charge is 0.480 e. The van der Waals surface area contributed by atoms with E-state index in [9.17, 15) is 19.2 Å². The number of carbonyl (C=O) groups excluding carboxylic acids is 2. The molecule has 1 saturated heterocycles. The van der Waals surface area contributed by atoms with Crippen molar-refractivity contribution in [3.05, 3.63) is 0 Å². The molecule has 6 N–H and O–H groups in total. The molecule has 0 saturated carbocycles. The van der Waals surface area contributed by atoms with Crippen molar-refractivity contribution in [2.24, 2.45) is 11.5 Å². The predicted molar refractivity (Wildman–Crippen MR) is 76.2 cm³/mol. The molecular formula is C13H21N3O7. The average molecular weight is 331 g/mol. The van der Waals surface area contributed by atoms with Gasteiger partial charge >= 0.3 is 17.9 Å². The normalized spacial score (nSPS) is 20.7. The predicted octanol–water partition coefficient (Wildman–Crippen LogP) is -1.88. The third-order valence-corrected chi connectivity index (χ3v) is 3.59. The van der Waals surface area contributed by atoms with E-state index < -0.39 is 42.0 Å². The van der Waals surface area contributed by atoms with E-state index in [1.165, 1.54) is 4.90 Å². The van der Waals surface area contributed by atoms with Crippen molar-refractivity contribution in [2.45, 2.75) is 43.9 Å². The molecule has 1 amide bonds. The monoisotopic (exact) mass is 331 g/mol. The number of nitrogens with two attached hydrogens (primary N) is 2. The summed E-state index contributed by atoms with van der Waals surface area (Å²) in [5, 5.41) is 18.2. The first-order valence-electron chi connectivity index (χ1n) is 7.16.